The summed E-state index contributed by atoms with van der Waals surface area (Å²) in [5.74, 6) is 1.99. The molecular weight excluding hydrogens is 254 g/mol. The molecule has 114 valence electrons. The van der Waals surface area contributed by atoms with Crippen LogP contribution in [0.3, 0.4) is 0 Å². The van der Waals surface area contributed by atoms with Gasteiger partial charge in [-0.1, -0.05) is 56.7 Å². The molecule has 1 saturated carbocycles. The Bertz CT molecular complexity index is 508. The van der Waals surface area contributed by atoms with Crippen LogP contribution in [0.4, 0.5) is 0 Å². The van der Waals surface area contributed by atoms with Crippen LogP contribution in [-0.2, 0) is 0 Å². The van der Waals surface area contributed by atoms with Gasteiger partial charge in [0, 0.05) is 5.70 Å². The highest BCUT2D eigenvalue weighted by molar-refractivity contribution is 5.32. The molecule has 0 aromatic rings. The van der Waals surface area contributed by atoms with E-state index >= 15 is 0 Å². The fourth-order valence-electron chi connectivity index (χ4n) is 4.52. The molecule has 1 heteroatoms. The summed E-state index contributed by atoms with van der Waals surface area (Å²) in [5, 5.41) is 0. The van der Waals surface area contributed by atoms with Crippen molar-refractivity contribution in [1.29, 1.82) is 0 Å². The lowest BCUT2D eigenvalue weighted by Gasteiger charge is -2.44. The van der Waals surface area contributed by atoms with E-state index in [2.05, 4.69) is 50.3 Å². The molecule has 3 rings (SSSR count). The van der Waals surface area contributed by atoms with Crippen molar-refractivity contribution in [3.05, 3.63) is 47.7 Å². The van der Waals surface area contributed by atoms with Gasteiger partial charge in [-0.25, -0.2) is 0 Å². The Morgan fingerprint density at radius 3 is 2.81 bits per heavy atom. The van der Waals surface area contributed by atoms with Crippen LogP contribution in [0.25, 0.3) is 0 Å². The number of nitrogens with two attached hydrogens (primary N) is 1. The minimum absolute atomic E-state index is 0.439. The van der Waals surface area contributed by atoms with Gasteiger partial charge in [0.15, 0.2) is 0 Å². The van der Waals surface area contributed by atoms with E-state index in [0.717, 1.165) is 12.1 Å². The first kappa shape index (κ1) is 14.7. The first-order valence-electron chi connectivity index (χ1n) is 8.58. The molecule has 0 aromatic carbocycles. The molecule has 0 amide bonds. The summed E-state index contributed by atoms with van der Waals surface area (Å²) in [6, 6.07) is 0. The first-order valence-corrected chi connectivity index (χ1v) is 8.58. The molecule has 1 nitrogen and oxygen atoms in total. The second kappa shape index (κ2) is 5.87. The van der Waals surface area contributed by atoms with Crippen LogP contribution >= 0.6 is 0 Å². The summed E-state index contributed by atoms with van der Waals surface area (Å²) in [5.41, 5.74) is 9.41. The van der Waals surface area contributed by atoms with Gasteiger partial charge >= 0.3 is 0 Å². The van der Waals surface area contributed by atoms with E-state index in [1.165, 1.54) is 37.7 Å². The fourth-order valence-corrected chi connectivity index (χ4v) is 4.52. The van der Waals surface area contributed by atoms with Gasteiger partial charge in [-0.05, 0) is 60.8 Å². The van der Waals surface area contributed by atoms with Gasteiger partial charge in [0.05, 0.1) is 0 Å². The number of hydrogen-bond acceptors (Lipinski definition) is 1. The molecule has 3 unspecified atom stereocenters. The second-order valence-electron chi connectivity index (χ2n) is 7.62. The highest BCUT2D eigenvalue weighted by atomic mass is 14.6. The van der Waals surface area contributed by atoms with E-state index < -0.39 is 0 Å². The van der Waals surface area contributed by atoms with E-state index in [4.69, 9.17) is 5.73 Å². The molecule has 0 heterocycles. The molecule has 2 N–H and O–H groups in total. The van der Waals surface area contributed by atoms with E-state index in [-0.39, 0.29) is 0 Å². The Hall–Kier alpha value is -1.24. The van der Waals surface area contributed by atoms with Crippen molar-refractivity contribution >= 4 is 0 Å². The molecule has 0 aromatic heterocycles. The highest BCUT2D eigenvalue weighted by Crippen LogP contribution is 2.49. The third-order valence-corrected chi connectivity index (χ3v) is 5.85. The number of allylic oxidation sites excluding steroid dienone is 8. The van der Waals surface area contributed by atoms with E-state index in [0.29, 0.717) is 23.2 Å². The Morgan fingerprint density at radius 1 is 1.24 bits per heavy atom. The van der Waals surface area contributed by atoms with Crippen LogP contribution in [0.5, 0.6) is 0 Å². The smallest absolute Gasteiger partial charge is 0.0121 e. The summed E-state index contributed by atoms with van der Waals surface area (Å²) in [7, 11) is 0. The standard InChI is InChI=1S/C20H29N/c1-15-10-11-18(19(21)13-15)16-7-6-12-20(2,14-16)17-8-4-3-5-9-17/h3-5,8,10-11,15-17H,6-7,9,12-14,21H2,1-2H3/t15?,16-,17?,20?/m1/s1. The largest absolute Gasteiger partial charge is 0.402 e. The summed E-state index contributed by atoms with van der Waals surface area (Å²) in [6.45, 7) is 4.75. The lowest BCUT2D eigenvalue weighted by atomic mass is 9.61. The monoisotopic (exact) mass is 283 g/mol. The average molecular weight is 283 g/mol. The van der Waals surface area contributed by atoms with Crippen molar-refractivity contribution in [2.24, 2.45) is 28.9 Å². The maximum atomic E-state index is 6.37. The fraction of sp³-hybridized carbons (Fsp3) is 0.600. The Labute approximate surface area is 129 Å². The zero-order valence-corrected chi connectivity index (χ0v) is 13.5. The van der Waals surface area contributed by atoms with E-state index in [9.17, 15) is 0 Å². The SMILES string of the molecule is CC1C=CC([C@@H]2CCCC(C)(C3C=CC=CC3)C2)=C(N)C1. The van der Waals surface area contributed by atoms with Gasteiger partial charge in [-0.2, -0.15) is 0 Å². The molecule has 1 fully saturated rings. The van der Waals surface area contributed by atoms with Gasteiger partial charge in [0.2, 0.25) is 0 Å². The Balaban J connectivity index is 1.77. The molecule has 21 heavy (non-hydrogen) atoms. The third-order valence-electron chi connectivity index (χ3n) is 5.85. The van der Waals surface area contributed by atoms with Crippen LogP contribution < -0.4 is 5.73 Å². The van der Waals surface area contributed by atoms with Crippen LogP contribution in [0, 0.1) is 23.2 Å². The molecule has 0 radical (unpaired) electrons. The van der Waals surface area contributed by atoms with E-state index in [1.54, 1.807) is 0 Å². The van der Waals surface area contributed by atoms with Gasteiger partial charge in [0.1, 0.15) is 0 Å². The summed E-state index contributed by atoms with van der Waals surface area (Å²) in [4.78, 5) is 0. The quantitative estimate of drug-likeness (QED) is 0.747. The Morgan fingerprint density at radius 2 is 2.10 bits per heavy atom. The number of rotatable bonds is 2. The van der Waals surface area contributed by atoms with Crippen molar-refractivity contribution in [3.8, 4) is 0 Å². The van der Waals surface area contributed by atoms with Gasteiger partial charge in [0.25, 0.3) is 0 Å². The zero-order valence-electron chi connectivity index (χ0n) is 13.5. The molecule has 3 aliphatic carbocycles. The maximum absolute atomic E-state index is 6.37. The third kappa shape index (κ3) is 3.02. The maximum Gasteiger partial charge on any atom is 0.0121 e. The Kier molecular flexibility index (Phi) is 4.10. The minimum atomic E-state index is 0.439. The van der Waals surface area contributed by atoms with Gasteiger partial charge in [-0.3, -0.25) is 0 Å². The molecule has 0 aliphatic heterocycles. The van der Waals surface area contributed by atoms with Crippen molar-refractivity contribution in [1.82, 2.24) is 0 Å². The number of hydrogen-bond donors (Lipinski definition) is 1. The van der Waals surface area contributed by atoms with Crippen LogP contribution in [0.2, 0.25) is 0 Å². The predicted octanol–water partition coefficient (Wildman–Crippen LogP) is 5.12. The van der Waals surface area contributed by atoms with E-state index in [1.807, 2.05) is 0 Å². The van der Waals surface area contributed by atoms with Crippen molar-refractivity contribution < 1.29 is 0 Å². The van der Waals surface area contributed by atoms with Gasteiger partial charge in [-0.15, -0.1) is 0 Å². The molecule has 0 bridgehead atoms. The first-order chi connectivity index (χ1) is 10.1. The molecule has 4 atom stereocenters. The molecular formula is C20H29N. The van der Waals surface area contributed by atoms with Gasteiger partial charge < -0.3 is 5.73 Å². The second-order valence-corrected chi connectivity index (χ2v) is 7.62. The van der Waals surface area contributed by atoms with Crippen molar-refractivity contribution in [2.45, 2.75) is 52.4 Å². The minimum Gasteiger partial charge on any atom is -0.402 e. The average Bonchev–Trinajstić information content (AvgIpc) is 2.48. The summed E-state index contributed by atoms with van der Waals surface area (Å²) >= 11 is 0. The van der Waals surface area contributed by atoms with Crippen molar-refractivity contribution in [2.75, 3.05) is 0 Å². The van der Waals surface area contributed by atoms with Crippen molar-refractivity contribution in [3.63, 3.8) is 0 Å². The zero-order chi connectivity index (χ0) is 14.9. The lowest BCUT2D eigenvalue weighted by molar-refractivity contribution is 0.121. The van der Waals surface area contributed by atoms with Crippen LogP contribution in [-0.4, -0.2) is 0 Å². The lowest BCUT2D eigenvalue weighted by Crippen LogP contribution is -2.34. The topological polar surface area (TPSA) is 26.0 Å². The molecule has 0 saturated heterocycles. The van der Waals surface area contributed by atoms with Crippen LogP contribution in [0.1, 0.15) is 52.4 Å². The highest BCUT2D eigenvalue weighted by Gasteiger charge is 2.38. The molecule has 0 spiro atoms. The summed E-state index contributed by atoms with van der Waals surface area (Å²) in [6.07, 6.45) is 21.4. The molecule has 3 aliphatic rings. The predicted molar refractivity (Wildman–Crippen MR) is 90.6 cm³/mol. The normalized spacial score (nSPS) is 39.8. The summed E-state index contributed by atoms with van der Waals surface area (Å²) < 4.78 is 0. The van der Waals surface area contributed by atoms with Crippen LogP contribution in [0.15, 0.2) is 47.7 Å².